The molecule has 5 aromatic rings. The number of ether oxygens (including phenoxy) is 4. The van der Waals surface area contributed by atoms with E-state index in [9.17, 15) is 53.4 Å². The molecule has 0 aromatic heterocycles. The molecule has 0 aliphatic heterocycles. The van der Waals surface area contributed by atoms with Crippen LogP contribution in [0, 0.1) is 39.9 Å². The number of aliphatic hydroxyl groups is 2. The van der Waals surface area contributed by atoms with Crippen molar-refractivity contribution in [3.05, 3.63) is 161 Å². The number of nitrogens with one attached hydrogen (secondary N) is 4. The van der Waals surface area contributed by atoms with Crippen LogP contribution in [0.4, 0.5) is 0 Å². The molecule has 6 amide bonds. The van der Waals surface area contributed by atoms with E-state index in [0.29, 0.717) is 35.3 Å². The number of unbranched alkanes of at least 4 members (excludes halogenated alkanes) is 1. The highest BCUT2D eigenvalue weighted by Gasteiger charge is 2.74. The second-order valence-corrected chi connectivity index (χ2v) is 28.2. The lowest BCUT2D eigenvalue weighted by molar-refractivity contribution is -0.265. The number of hydrogen-bond donors (Lipinski definition) is 8. The largest absolute Gasteiger partial charge is 0.483 e. The van der Waals surface area contributed by atoms with Gasteiger partial charge in [-0.15, -0.1) is 0 Å². The molecule has 23 nitrogen and oxygen atoms in total. The van der Waals surface area contributed by atoms with Gasteiger partial charge in [-0.25, -0.2) is 9.59 Å². The SMILES string of the molecule is CC1=C2[C@@H](C)C(=O)[C@@]3(C)[C@H]([C@H](OC(=O)c4ccccc4)[C@](O)(C[C@@H]1OC(=O)[C@H](OC(=O)CCC(=O)NCCCCC(NC(=O)CC[C@H](CC(=O)C(C)NC(=O)COc1cccc4ccccc14)C(N)=O)C(N)=O)[C@H](NC(=O)c1ccccc1)c1ccccc1)C2(C)C)[C@]1(C)CC[C@@H]1C[C@@H]3O. The van der Waals surface area contributed by atoms with Crippen LogP contribution < -0.4 is 37.5 Å². The predicted octanol–water partition coefficient (Wildman–Crippen LogP) is 7.32. The van der Waals surface area contributed by atoms with Gasteiger partial charge >= 0.3 is 17.9 Å². The van der Waals surface area contributed by atoms with Crippen molar-refractivity contribution in [3.63, 3.8) is 0 Å². The summed E-state index contributed by atoms with van der Waals surface area (Å²) in [6.07, 6.45) is -5.83. The zero-order valence-corrected chi connectivity index (χ0v) is 57.6. The predicted molar refractivity (Wildman–Crippen MR) is 368 cm³/mol. The van der Waals surface area contributed by atoms with Crippen molar-refractivity contribution >= 4 is 75.7 Å². The van der Waals surface area contributed by atoms with Gasteiger partial charge in [-0.2, -0.15) is 0 Å². The van der Waals surface area contributed by atoms with Crippen LogP contribution in [0.15, 0.2) is 145 Å². The van der Waals surface area contributed by atoms with E-state index in [1.165, 1.54) is 6.92 Å². The molecule has 4 aliphatic rings. The summed E-state index contributed by atoms with van der Waals surface area (Å²) >= 11 is 0. The molecule has 9 rings (SSSR count). The van der Waals surface area contributed by atoms with Crippen molar-refractivity contribution in [2.45, 2.75) is 174 Å². The molecule has 0 heterocycles. The van der Waals surface area contributed by atoms with E-state index >= 15 is 9.59 Å². The van der Waals surface area contributed by atoms with E-state index in [4.69, 9.17) is 30.4 Å². The summed E-state index contributed by atoms with van der Waals surface area (Å²) in [7, 11) is 0. The first-order valence-electron chi connectivity index (χ1n) is 34.3. The smallest absolute Gasteiger partial charge is 0.350 e. The number of Topliss-reactive ketones (excluding diaryl/α,β-unsaturated/α-hetero) is 2. The molecule has 10 N–H and O–H groups in total. The van der Waals surface area contributed by atoms with E-state index in [-0.39, 0.29) is 80.9 Å². The number of amides is 6. The summed E-state index contributed by atoms with van der Waals surface area (Å²) in [6.45, 7) is 11.8. The first-order chi connectivity index (χ1) is 47.5. The molecule has 14 atom stereocenters. The molecular weight excluding hydrogens is 1280 g/mol. The van der Waals surface area contributed by atoms with Gasteiger partial charge in [0.2, 0.25) is 29.7 Å². The summed E-state index contributed by atoms with van der Waals surface area (Å²) in [4.78, 5) is 151. The summed E-state index contributed by atoms with van der Waals surface area (Å²) in [6, 6.07) is 33.9. The number of primary amides is 2. The lowest BCUT2D eigenvalue weighted by atomic mass is 9.37. The fourth-order valence-corrected chi connectivity index (χ4v) is 15.8. The summed E-state index contributed by atoms with van der Waals surface area (Å²) in [5.41, 5.74) is 7.12. The number of esters is 3. The van der Waals surface area contributed by atoms with Crippen molar-refractivity contribution in [2.24, 2.45) is 51.4 Å². The monoisotopic (exact) mass is 1370 g/mol. The molecular formula is C77H92N6O17. The lowest BCUT2D eigenvalue weighted by Gasteiger charge is -2.68. The third-order valence-electron chi connectivity index (χ3n) is 21.6. The van der Waals surface area contributed by atoms with E-state index < -0.39 is 154 Å². The van der Waals surface area contributed by atoms with Gasteiger partial charge in [0.25, 0.3) is 11.8 Å². The van der Waals surface area contributed by atoms with E-state index in [1.807, 2.05) is 37.3 Å². The van der Waals surface area contributed by atoms with Gasteiger partial charge in [0.1, 0.15) is 41.4 Å². The highest BCUT2D eigenvalue weighted by molar-refractivity contribution is 5.96. The number of fused-ring (bicyclic) bond motifs is 6. The normalized spacial score (nSPS) is 24.9. The Balaban J connectivity index is 0.839. The Labute approximate surface area is 581 Å². The van der Waals surface area contributed by atoms with Gasteiger partial charge < -0.3 is 61.9 Å². The van der Waals surface area contributed by atoms with Crippen molar-refractivity contribution in [1.29, 1.82) is 0 Å². The number of ketones is 2. The molecule has 23 heteroatoms. The Morgan fingerprint density at radius 2 is 1.34 bits per heavy atom. The van der Waals surface area contributed by atoms with E-state index in [0.717, 1.165) is 17.2 Å². The highest BCUT2D eigenvalue weighted by atomic mass is 16.6. The number of benzene rings is 5. The molecule has 4 aliphatic carbocycles. The van der Waals surface area contributed by atoms with Crippen molar-refractivity contribution in [1.82, 2.24) is 21.3 Å². The van der Waals surface area contributed by atoms with Crippen LogP contribution in [0.3, 0.4) is 0 Å². The zero-order chi connectivity index (χ0) is 72.4. The summed E-state index contributed by atoms with van der Waals surface area (Å²) in [5.74, 6) is -10.5. The maximum Gasteiger partial charge on any atom is 0.350 e. The Kier molecular flexibility index (Phi) is 23.7. The van der Waals surface area contributed by atoms with E-state index in [1.54, 1.807) is 138 Å². The molecule has 0 radical (unpaired) electrons. The van der Waals surface area contributed by atoms with Crippen LogP contribution >= 0.6 is 0 Å². The van der Waals surface area contributed by atoms with Crippen LogP contribution in [0.2, 0.25) is 0 Å². The summed E-state index contributed by atoms with van der Waals surface area (Å²) < 4.78 is 24.9. The Morgan fingerprint density at radius 1 is 0.700 bits per heavy atom. The molecule has 3 fully saturated rings. The minimum absolute atomic E-state index is 0.0568. The fourth-order valence-electron chi connectivity index (χ4n) is 15.8. The standard InChI is InChI=1S/C77H92N6O17/c1-44-57(42-77(96)68(100-72(94)50-27-15-10-16-28-50)66-75(6)38-37-52(75)41-58(85)76(66,7)67(90)45(2)63(44)74(77,4)5)98-73(95)65(64(48-23-11-8-12-24-48)83-71(93)49-25-13-9-14-26-49)99-62(89)36-35-59(86)80-39-20-19-31-54(70(79)92)82-60(87)34-33-51(69(78)91)40-55(84)46(3)81-61(88)43-97-56-32-21-29-47-22-17-18-30-53(47)56/h8-18,21-30,32,45-46,51-52,54,57-58,64-66,68,85,96H,19-20,31,33-43H2,1-7H3,(H2,78,91)(H2,79,92)(H,80,86)(H,81,88)(H,82,87)(H,83,93)/t45-,46?,51-,52-,54?,57+,58+,64-,65-,66-,68+,75-,76-,77-/m1/s1. The second-order valence-electron chi connectivity index (χ2n) is 28.2. The van der Waals surface area contributed by atoms with Crippen LogP contribution in [0.5, 0.6) is 5.75 Å². The molecule has 2 unspecified atom stereocenters. The third-order valence-corrected chi connectivity index (χ3v) is 21.6. The van der Waals surface area contributed by atoms with E-state index in [2.05, 4.69) is 21.3 Å². The Morgan fingerprint density at radius 3 is 1.99 bits per heavy atom. The zero-order valence-electron chi connectivity index (χ0n) is 57.6. The number of carbonyl (C=O) groups is 11. The number of aliphatic hydroxyl groups excluding tert-OH is 1. The molecule has 100 heavy (non-hydrogen) atoms. The minimum Gasteiger partial charge on any atom is -0.483 e. The second kappa shape index (κ2) is 31.7. The molecule has 3 saturated carbocycles. The highest BCUT2D eigenvalue weighted by Crippen LogP contribution is 2.70. The quantitative estimate of drug-likeness (QED) is 0.00965. The Hall–Kier alpha value is -9.61. The van der Waals surface area contributed by atoms with Gasteiger partial charge in [-0.05, 0) is 129 Å². The number of rotatable bonds is 30. The molecule has 5 aromatic carbocycles. The number of carbonyl (C=O) groups excluding carboxylic acids is 11. The van der Waals surface area contributed by atoms with Gasteiger partial charge in [0, 0.05) is 66.3 Å². The third kappa shape index (κ3) is 16.2. The van der Waals surface area contributed by atoms with Crippen LogP contribution in [-0.2, 0) is 57.4 Å². The molecule has 532 valence electrons. The van der Waals surface area contributed by atoms with Crippen LogP contribution in [0.1, 0.15) is 158 Å². The van der Waals surface area contributed by atoms with Crippen LogP contribution in [0.25, 0.3) is 10.8 Å². The lowest BCUT2D eigenvalue weighted by Crippen LogP contribution is -2.74. The minimum atomic E-state index is -2.11. The van der Waals surface area contributed by atoms with Crippen molar-refractivity contribution in [2.75, 3.05) is 13.2 Å². The average molecular weight is 1370 g/mol. The molecule has 0 saturated heterocycles. The van der Waals surface area contributed by atoms with Gasteiger partial charge in [-0.1, -0.05) is 131 Å². The fraction of sp³-hybridized carbons (Fsp3) is 0.468. The number of hydrogen-bond acceptors (Lipinski definition) is 17. The molecule has 0 spiro atoms. The van der Waals surface area contributed by atoms with Crippen molar-refractivity contribution in [3.8, 4) is 5.75 Å². The average Bonchev–Trinajstić information content (AvgIpc) is 0.673. The first kappa shape index (κ1) is 74.6. The summed E-state index contributed by atoms with van der Waals surface area (Å²) in [5, 5.41) is 38.6. The Bertz CT molecular complexity index is 3920. The van der Waals surface area contributed by atoms with Gasteiger partial charge in [0.15, 0.2) is 12.4 Å². The molecule has 2 bridgehead atoms. The maximum absolute atomic E-state index is 15.6. The van der Waals surface area contributed by atoms with Crippen molar-refractivity contribution < 1.29 is 81.9 Å². The number of nitrogens with two attached hydrogens (primary N) is 2. The van der Waals surface area contributed by atoms with Crippen LogP contribution in [-0.4, -0.2) is 130 Å². The first-order valence-corrected chi connectivity index (χ1v) is 34.3. The topological polar surface area (TPSA) is 365 Å². The maximum atomic E-state index is 15.6. The van der Waals surface area contributed by atoms with Gasteiger partial charge in [-0.3, -0.25) is 43.2 Å². The van der Waals surface area contributed by atoms with Gasteiger partial charge in [0.05, 0.1) is 29.5 Å².